The molecule has 0 amide bonds. The Morgan fingerprint density at radius 1 is 1.00 bits per heavy atom. The van der Waals surface area contributed by atoms with Crippen molar-refractivity contribution in [2.24, 2.45) is 0 Å². The topological polar surface area (TPSA) is 52.6 Å². The normalized spacial score (nSPS) is 11.7. The molecule has 0 bridgehead atoms. The van der Waals surface area contributed by atoms with E-state index in [1.165, 1.54) is 0 Å². The standard InChI is InChI=1S/C11H23O4P/c1-4-7-8-9-10-11(12)16(13,14-5-2)15-6-3/h4-10H2,1-3H3. The first-order valence-corrected chi connectivity index (χ1v) is 7.57. The summed E-state index contributed by atoms with van der Waals surface area (Å²) in [5, 5.41) is 0. The zero-order chi connectivity index (χ0) is 12.4. The summed E-state index contributed by atoms with van der Waals surface area (Å²) in [7, 11) is -3.50. The number of rotatable bonds is 10. The van der Waals surface area contributed by atoms with Gasteiger partial charge in [-0.15, -0.1) is 0 Å². The second-order valence-electron chi connectivity index (χ2n) is 3.54. The zero-order valence-electron chi connectivity index (χ0n) is 10.5. The van der Waals surface area contributed by atoms with E-state index in [2.05, 4.69) is 6.92 Å². The quantitative estimate of drug-likeness (QED) is 0.437. The van der Waals surface area contributed by atoms with E-state index < -0.39 is 7.60 Å². The molecule has 0 aliphatic rings. The molecule has 96 valence electrons. The van der Waals surface area contributed by atoms with Crippen molar-refractivity contribution >= 4 is 13.1 Å². The first-order valence-electron chi connectivity index (χ1n) is 6.03. The van der Waals surface area contributed by atoms with Gasteiger partial charge in [0.2, 0.25) is 5.52 Å². The highest BCUT2D eigenvalue weighted by atomic mass is 31.2. The second kappa shape index (κ2) is 8.91. The molecule has 0 aliphatic heterocycles. The van der Waals surface area contributed by atoms with Crippen LogP contribution in [0.25, 0.3) is 0 Å². The Hall–Kier alpha value is -0.180. The summed E-state index contributed by atoms with van der Waals surface area (Å²) in [6, 6.07) is 0. The Labute approximate surface area is 98.2 Å². The number of unbranched alkanes of at least 4 members (excludes halogenated alkanes) is 3. The fraction of sp³-hybridized carbons (Fsp3) is 0.909. The maximum absolute atomic E-state index is 12.0. The number of carbonyl (C=O) groups excluding carboxylic acids is 1. The number of hydrogen-bond acceptors (Lipinski definition) is 4. The molecule has 0 aromatic rings. The Balaban J connectivity index is 4.12. The smallest absolute Gasteiger partial charge is 0.303 e. The average molecular weight is 250 g/mol. The van der Waals surface area contributed by atoms with Gasteiger partial charge in [0.15, 0.2) is 0 Å². The SMILES string of the molecule is CCCCCCC(=O)P(=O)(OCC)OCC. The van der Waals surface area contributed by atoms with Crippen molar-refractivity contribution in [3.63, 3.8) is 0 Å². The molecule has 0 saturated carbocycles. The van der Waals surface area contributed by atoms with Gasteiger partial charge in [-0.05, 0) is 20.3 Å². The molecule has 0 heterocycles. The molecule has 0 radical (unpaired) electrons. The first-order chi connectivity index (χ1) is 7.60. The maximum Gasteiger partial charge on any atom is 0.396 e. The highest BCUT2D eigenvalue weighted by Gasteiger charge is 2.32. The molecule has 16 heavy (non-hydrogen) atoms. The molecule has 0 rings (SSSR count). The van der Waals surface area contributed by atoms with Gasteiger partial charge in [-0.2, -0.15) is 0 Å². The van der Waals surface area contributed by atoms with Crippen LogP contribution in [-0.4, -0.2) is 18.7 Å². The Bertz CT molecular complexity index is 230. The fourth-order valence-electron chi connectivity index (χ4n) is 1.36. The summed E-state index contributed by atoms with van der Waals surface area (Å²) in [6.45, 7) is 5.98. The van der Waals surface area contributed by atoms with Crippen molar-refractivity contribution < 1.29 is 18.4 Å². The third-order valence-corrected chi connectivity index (χ3v) is 4.18. The van der Waals surface area contributed by atoms with E-state index in [0.29, 0.717) is 0 Å². The molecule has 5 heteroatoms. The van der Waals surface area contributed by atoms with Gasteiger partial charge in [0.1, 0.15) is 0 Å². The van der Waals surface area contributed by atoms with Crippen molar-refractivity contribution in [1.82, 2.24) is 0 Å². The van der Waals surface area contributed by atoms with Crippen LogP contribution in [0.2, 0.25) is 0 Å². The summed E-state index contributed by atoms with van der Waals surface area (Å²) in [5.74, 6) is 0. The van der Waals surface area contributed by atoms with Crippen LogP contribution in [0.4, 0.5) is 0 Å². The van der Waals surface area contributed by atoms with Crippen LogP contribution in [0.1, 0.15) is 52.9 Å². The van der Waals surface area contributed by atoms with Crippen LogP contribution in [0.3, 0.4) is 0 Å². The van der Waals surface area contributed by atoms with Gasteiger partial charge < -0.3 is 9.05 Å². The van der Waals surface area contributed by atoms with Gasteiger partial charge in [-0.1, -0.05) is 26.2 Å². The summed E-state index contributed by atoms with van der Waals surface area (Å²) in [6.07, 6.45) is 4.25. The molecule has 0 spiro atoms. The first kappa shape index (κ1) is 15.8. The summed E-state index contributed by atoms with van der Waals surface area (Å²) >= 11 is 0. The predicted molar refractivity (Wildman–Crippen MR) is 64.6 cm³/mol. The molecule has 0 fully saturated rings. The van der Waals surface area contributed by atoms with Crippen molar-refractivity contribution in [2.45, 2.75) is 52.9 Å². The number of hydrogen-bond donors (Lipinski definition) is 0. The monoisotopic (exact) mass is 250 g/mol. The van der Waals surface area contributed by atoms with Gasteiger partial charge in [0.05, 0.1) is 13.2 Å². The van der Waals surface area contributed by atoms with Crippen molar-refractivity contribution in [1.29, 1.82) is 0 Å². The molecule has 0 atom stereocenters. The van der Waals surface area contributed by atoms with Gasteiger partial charge in [-0.25, -0.2) is 0 Å². The molecular weight excluding hydrogens is 227 g/mol. The van der Waals surface area contributed by atoms with Crippen LogP contribution in [0, 0.1) is 0 Å². The third kappa shape index (κ3) is 5.78. The van der Waals surface area contributed by atoms with E-state index >= 15 is 0 Å². The van der Waals surface area contributed by atoms with Gasteiger partial charge in [-0.3, -0.25) is 9.36 Å². The molecular formula is C11H23O4P. The lowest BCUT2D eigenvalue weighted by atomic mass is 10.2. The minimum absolute atomic E-state index is 0.234. The van der Waals surface area contributed by atoms with Crippen LogP contribution in [0.15, 0.2) is 0 Å². The second-order valence-corrected chi connectivity index (χ2v) is 5.55. The van der Waals surface area contributed by atoms with Crippen molar-refractivity contribution in [3.8, 4) is 0 Å². The zero-order valence-corrected chi connectivity index (χ0v) is 11.4. The Morgan fingerprint density at radius 2 is 1.56 bits per heavy atom. The van der Waals surface area contributed by atoms with Crippen LogP contribution in [0.5, 0.6) is 0 Å². The maximum atomic E-state index is 12.0. The van der Waals surface area contributed by atoms with E-state index in [9.17, 15) is 9.36 Å². The van der Waals surface area contributed by atoms with Gasteiger partial charge >= 0.3 is 7.60 Å². The fourth-order valence-corrected chi connectivity index (χ4v) is 2.84. The summed E-state index contributed by atoms with van der Waals surface area (Å²) in [5.41, 5.74) is -0.382. The predicted octanol–water partition coefficient (Wildman–Crippen LogP) is 3.75. The van der Waals surface area contributed by atoms with Crippen LogP contribution in [-0.2, 0) is 18.4 Å². The van der Waals surface area contributed by atoms with E-state index in [1.807, 2.05) is 0 Å². The Kier molecular flexibility index (Phi) is 8.81. The molecule has 0 aliphatic carbocycles. The minimum atomic E-state index is -3.50. The van der Waals surface area contributed by atoms with Crippen molar-refractivity contribution in [3.05, 3.63) is 0 Å². The third-order valence-electron chi connectivity index (χ3n) is 2.15. The van der Waals surface area contributed by atoms with Gasteiger partial charge in [0, 0.05) is 6.42 Å². The lowest BCUT2D eigenvalue weighted by Gasteiger charge is -2.15. The van der Waals surface area contributed by atoms with E-state index in [4.69, 9.17) is 9.05 Å². The molecule has 0 aromatic carbocycles. The molecule has 0 N–H and O–H groups in total. The van der Waals surface area contributed by atoms with Crippen LogP contribution < -0.4 is 0 Å². The lowest BCUT2D eigenvalue weighted by molar-refractivity contribution is -0.114. The minimum Gasteiger partial charge on any atom is -0.303 e. The van der Waals surface area contributed by atoms with E-state index in [1.54, 1.807) is 13.8 Å². The average Bonchev–Trinajstić information content (AvgIpc) is 2.24. The molecule has 4 nitrogen and oxygen atoms in total. The Morgan fingerprint density at radius 3 is 2.00 bits per heavy atom. The number of carbonyl (C=O) groups is 1. The molecule has 0 aromatic heterocycles. The summed E-state index contributed by atoms with van der Waals surface area (Å²) in [4.78, 5) is 11.7. The van der Waals surface area contributed by atoms with Crippen molar-refractivity contribution in [2.75, 3.05) is 13.2 Å². The van der Waals surface area contributed by atoms with E-state index in [0.717, 1.165) is 25.7 Å². The van der Waals surface area contributed by atoms with E-state index in [-0.39, 0.29) is 25.2 Å². The molecule has 0 saturated heterocycles. The summed E-state index contributed by atoms with van der Waals surface area (Å²) < 4.78 is 21.9. The largest absolute Gasteiger partial charge is 0.396 e. The van der Waals surface area contributed by atoms with Crippen LogP contribution >= 0.6 is 7.60 Å². The molecule has 0 unspecified atom stereocenters. The highest BCUT2D eigenvalue weighted by molar-refractivity contribution is 7.71. The lowest BCUT2D eigenvalue weighted by Crippen LogP contribution is -2.06. The highest BCUT2D eigenvalue weighted by Crippen LogP contribution is 2.50. The van der Waals surface area contributed by atoms with Gasteiger partial charge in [0.25, 0.3) is 0 Å².